The van der Waals surface area contributed by atoms with E-state index in [2.05, 4.69) is 5.10 Å². The molecule has 18 heavy (non-hydrogen) atoms. The smallest absolute Gasteiger partial charge is 0.235 e. The number of nitrogens with zero attached hydrogens (tertiary/aromatic N) is 2. The Balaban J connectivity index is 2.63. The highest BCUT2D eigenvalue weighted by atomic mass is 35.5. The van der Waals surface area contributed by atoms with Crippen LogP contribution in [0.5, 0.6) is 0 Å². The van der Waals surface area contributed by atoms with Crippen molar-refractivity contribution in [2.45, 2.75) is 11.8 Å². The van der Waals surface area contributed by atoms with Gasteiger partial charge in [0.1, 0.15) is 4.90 Å². The molecule has 96 valence electrons. The van der Waals surface area contributed by atoms with E-state index in [0.29, 0.717) is 21.4 Å². The summed E-state index contributed by atoms with van der Waals surface area (Å²) in [5.74, 6) is 0. The summed E-state index contributed by atoms with van der Waals surface area (Å²) in [6.07, 6.45) is 1.19. The topological polar surface area (TPSA) is 78.0 Å². The normalized spacial score (nSPS) is 11.8. The Morgan fingerprint density at radius 3 is 2.50 bits per heavy atom. The van der Waals surface area contributed by atoms with E-state index < -0.39 is 10.0 Å². The maximum Gasteiger partial charge on any atom is 0.241 e. The molecule has 8 heteroatoms. The van der Waals surface area contributed by atoms with E-state index in [-0.39, 0.29) is 4.90 Å². The van der Waals surface area contributed by atoms with Gasteiger partial charge in [-0.15, -0.1) is 0 Å². The van der Waals surface area contributed by atoms with Gasteiger partial charge in [-0.25, -0.2) is 18.2 Å². The van der Waals surface area contributed by atoms with Crippen molar-refractivity contribution in [3.63, 3.8) is 0 Å². The molecule has 2 aromatic rings. The highest BCUT2D eigenvalue weighted by Crippen LogP contribution is 2.26. The van der Waals surface area contributed by atoms with Gasteiger partial charge in [-0.1, -0.05) is 23.2 Å². The van der Waals surface area contributed by atoms with E-state index in [0.717, 1.165) is 0 Å². The molecule has 0 radical (unpaired) electrons. The van der Waals surface area contributed by atoms with E-state index in [9.17, 15) is 8.42 Å². The SMILES string of the molecule is Cc1c(S(N)(=O)=O)cnn1-c1ccc(Cl)cc1Cl. The standard InChI is InChI=1S/C10H9Cl2N3O2S/c1-6-10(18(13,16)17)5-14-15(6)9-3-2-7(11)4-8(9)12/h2-5H,1H3,(H2,13,16,17). The van der Waals surface area contributed by atoms with Gasteiger partial charge in [0, 0.05) is 5.02 Å². The maximum atomic E-state index is 11.3. The van der Waals surface area contributed by atoms with Crippen molar-refractivity contribution in [3.05, 3.63) is 40.1 Å². The third kappa shape index (κ3) is 2.37. The highest BCUT2D eigenvalue weighted by Gasteiger charge is 2.18. The first-order valence-corrected chi connectivity index (χ1v) is 7.14. The molecular weight excluding hydrogens is 297 g/mol. The summed E-state index contributed by atoms with van der Waals surface area (Å²) >= 11 is 11.8. The first kappa shape index (κ1) is 13.4. The first-order chi connectivity index (χ1) is 8.30. The molecule has 0 unspecified atom stereocenters. The number of sulfonamides is 1. The second-order valence-electron chi connectivity index (χ2n) is 3.65. The summed E-state index contributed by atoms with van der Waals surface area (Å²) in [4.78, 5) is -0.0338. The molecule has 0 aliphatic carbocycles. The summed E-state index contributed by atoms with van der Waals surface area (Å²) in [6, 6.07) is 4.84. The van der Waals surface area contributed by atoms with Gasteiger partial charge in [0.2, 0.25) is 10.0 Å². The average Bonchev–Trinajstić information content (AvgIpc) is 2.60. The lowest BCUT2D eigenvalue weighted by Crippen LogP contribution is -2.13. The molecule has 0 atom stereocenters. The largest absolute Gasteiger partial charge is 0.241 e. The molecule has 2 rings (SSSR count). The fraction of sp³-hybridized carbons (Fsp3) is 0.100. The van der Waals surface area contributed by atoms with Crippen molar-refractivity contribution in [1.29, 1.82) is 0 Å². The van der Waals surface area contributed by atoms with Gasteiger partial charge in [0.25, 0.3) is 0 Å². The number of primary sulfonamides is 1. The predicted octanol–water partition coefficient (Wildman–Crippen LogP) is 2.13. The summed E-state index contributed by atoms with van der Waals surface area (Å²) in [6.45, 7) is 1.59. The van der Waals surface area contributed by atoms with Crippen LogP contribution in [-0.4, -0.2) is 18.2 Å². The van der Waals surface area contributed by atoms with Crippen LogP contribution in [0.4, 0.5) is 0 Å². The van der Waals surface area contributed by atoms with Crippen LogP contribution in [0.2, 0.25) is 10.0 Å². The van der Waals surface area contributed by atoms with Crippen LogP contribution < -0.4 is 5.14 Å². The van der Waals surface area contributed by atoms with Crippen LogP contribution >= 0.6 is 23.2 Å². The molecule has 0 fully saturated rings. The van der Waals surface area contributed by atoms with Crippen molar-refractivity contribution in [2.24, 2.45) is 5.14 Å². The number of halogens is 2. The van der Waals surface area contributed by atoms with Crippen molar-refractivity contribution >= 4 is 33.2 Å². The van der Waals surface area contributed by atoms with Crippen LogP contribution in [0, 0.1) is 6.92 Å². The summed E-state index contributed by atoms with van der Waals surface area (Å²) in [5.41, 5.74) is 0.926. The predicted molar refractivity (Wildman–Crippen MR) is 69.7 cm³/mol. The summed E-state index contributed by atoms with van der Waals surface area (Å²) < 4.78 is 24.0. The number of benzene rings is 1. The Bertz CT molecular complexity index is 710. The molecule has 2 N–H and O–H groups in total. The number of hydrogen-bond acceptors (Lipinski definition) is 3. The average molecular weight is 306 g/mol. The fourth-order valence-electron chi connectivity index (χ4n) is 1.57. The van der Waals surface area contributed by atoms with Crippen LogP contribution in [0.15, 0.2) is 29.3 Å². The Kier molecular flexibility index (Phi) is 3.37. The quantitative estimate of drug-likeness (QED) is 0.923. The molecule has 0 amide bonds. The molecule has 0 bridgehead atoms. The van der Waals surface area contributed by atoms with Crippen LogP contribution in [0.1, 0.15) is 5.69 Å². The van der Waals surface area contributed by atoms with Gasteiger partial charge in [-0.3, -0.25) is 0 Å². The second-order valence-corrected chi connectivity index (χ2v) is 6.02. The second kappa shape index (κ2) is 4.55. The first-order valence-electron chi connectivity index (χ1n) is 4.83. The van der Waals surface area contributed by atoms with Gasteiger partial charge in [-0.2, -0.15) is 5.10 Å². The third-order valence-corrected chi connectivity index (χ3v) is 3.96. The molecule has 1 heterocycles. The Morgan fingerprint density at radius 1 is 1.33 bits per heavy atom. The zero-order valence-corrected chi connectivity index (χ0v) is 11.6. The zero-order valence-electron chi connectivity index (χ0n) is 9.26. The molecule has 0 saturated carbocycles. The number of rotatable bonds is 2. The highest BCUT2D eigenvalue weighted by molar-refractivity contribution is 7.89. The lowest BCUT2D eigenvalue weighted by molar-refractivity contribution is 0.597. The van der Waals surface area contributed by atoms with Gasteiger partial charge in [0.05, 0.1) is 22.6 Å². The monoisotopic (exact) mass is 305 g/mol. The third-order valence-electron chi connectivity index (χ3n) is 2.41. The van der Waals surface area contributed by atoms with Gasteiger partial charge < -0.3 is 0 Å². The Labute approximate surface area is 114 Å². The van der Waals surface area contributed by atoms with Crippen molar-refractivity contribution < 1.29 is 8.42 Å². The van der Waals surface area contributed by atoms with E-state index >= 15 is 0 Å². The fourth-order valence-corrected chi connectivity index (χ4v) is 2.75. The van der Waals surface area contributed by atoms with Crippen molar-refractivity contribution in [1.82, 2.24) is 9.78 Å². The van der Waals surface area contributed by atoms with Gasteiger partial charge in [-0.05, 0) is 25.1 Å². The minimum Gasteiger partial charge on any atom is -0.235 e. The van der Waals surface area contributed by atoms with E-state index in [1.54, 1.807) is 25.1 Å². The Hall–Kier alpha value is -1.08. The number of hydrogen-bond donors (Lipinski definition) is 1. The van der Waals surface area contributed by atoms with Crippen LogP contribution in [0.3, 0.4) is 0 Å². The van der Waals surface area contributed by atoms with Gasteiger partial charge >= 0.3 is 0 Å². The van der Waals surface area contributed by atoms with Gasteiger partial charge in [0.15, 0.2) is 0 Å². The van der Waals surface area contributed by atoms with Crippen LogP contribution in [-0.2, 0) is 10.0 Å². The maximum absolute atomic E-state index is 11.3. The lowest BCUT2D eigenvalue weighted by Gasteiger charge is -2.07. The molecular formula is C10H9Cl2N3O2S. The summed E-state index contributed by atoms with van der Waals surface area (Å²) in [5, 5.41) is 9.91. The molecule has 0 saturated heterocycles. The zero-order chi connectivity index (χ0) is 13.5. The van der Waals surface area contributed by atoms with E-state index in [1.807, 2.05) is 0 Å². The molecule has 0 spiro atoms. The molecule has 1 aromatic heterocycles. The van der Waals surface area contributed by atoms with E-state index in [1.165, 1.54) is 10.9 Å². The number of nitrogens with two attached hydrogens (primary N) is 1. The minimum absolute atomic E-state index is 0.0338. The Morgan fingerprint density at radius 2 is 2.00 bits per heavy atom. The molecule has 0 aliphatic heterocycles. The number of aromatic nitrogens is 2. The molecule has 1 aromatic carbocycles. The van der Waals surface area contributed by atoms with Crippen LogP contribution in [0.25, 0.3) is 5.69 Å². The van der Waals surface area contributed by atoms with Crippen molar-refractivity contribution in [3.8, 4) is 5.69 Å². The van der Waals surface area contributed by atoms with E-state index in [4.69, 9.17) is 28.3 Å². The minimum atomic E-state index is -3.79. The molecule has 5 nitrogen and oxygen atoms in total. The summed E-state index contributed by atoms with van der Waals surface area (Å²) in [7, 11) is -3.79. The lowest BCUT2D eigenvalue weighted by atomic mass is 10.3. The molecule has 0 aliphatic rings. The van der Waals surface area contributed by atoms with Crippen molar-refractivity contribution in [2.75, 3.05) is 0 Å².